The van der Waals surface area contributed by atoms with Crippen LogP contribution in [0.2, 0.25) is 0 Å². The summed E-state index contributed by atoms with van der Waals surface area (Å²) in [6.07, 6.45) is -3.19. The van der Waals surface area contributed by atoms with E-state index in [1.165, 1.54) is 0 Å². The number of nitrogens with zero attached hydrogens (tertiary/aromatic N) is 3. The van der Waals surface area contributed by atoms with E-state index < -0.39 is 43.0 Å². The number of hydrazone groups is 1. The van der Waals surface area contributed by atoms with Gasteiger partial charge in [0.25, 0.3) is 5.91 Å². The van der Waals surface area contributed by atoms with E-state index >= 15 is 0 Å². The van der Waals surface area contributed by atoms with Gasteiger partial charge in [-0.25, -0.2) is 4.99 Å². The van der Waals surface area contributed by atoms with Crippen molar-refractivity contribution in [3.63, 3.8) is 0 Å². The zero-order valence-corrected chi connectivity index (χ0v) is 9.67. The first-order chi connectivity index (χ1) is 9.13. The summed E-state index contributed by atoms with van der Waals surface area (Å²) >= 11 is 0. The van der Waals surface area contributed by atoms with Gasteiger partial charge in [-0.1, -0.05) is 0 Å². The van der Waals surface area contributed by atoms with Crippen LogP contribution in [0.4, 0.5) is 0 Å². The van der Waals surface area contributed by atoms with Gasteiger partial charge >= 0.3 is 0 Å². The van der Waals surface area contributed by atoms with Crippen LogP contribution in [0.25, 0.3) is 0 Å². The Kier molecular flexibility index (Phi) is 2.90. The second-order valence-corrected chi connectivity index (χ2v) is 4.42. The molecule has 5 atom stereocenters. The van der Waals surface area contributed by atoms with Crippen LogP contribution in [-0.4, -0.2) is 76.1 Å². The van der Waals surface area contributed by atoms with Gasteiger partial charge in [-0.2, -0.15) is 10.1 Å². The standard InChI is InChI=1S/C10H12N4O5/c15-1-3-7(16)8(17)9(19-3)5-4-6(14-13-5)10(18)12-2-11-4/h2-3,6-9,14-17H,1H2/t3-,6?,7-,8+,9-/m0/s1. The average molecular weight is 268 g/mol. The van der Waals surface area contributed by atoms with Crippen molar-refractivity contribution >= 4 is 23.7 Å². The Bertz CT molecular complexity index is 502. The molecule has 4 N–H and O–H groups in total. The molecule has 1 saturated heterocycles. The van der Waals surface area contributed by atoms with Crippen LogP contribution in [0.15, 0.2) is 15.1 Å². The fraction of sp³-hybridized carbons (Fsp3) is 0.600. The first kappa shape index (κ1) is 12.4. The molecule has 19 heavy (non-hydrogen) atoms. The number of hydrogen-bond donors (Lipinski definition) is 4. The van der Waals surface area contributed by atoms with Gasteiger partial charge in [-0.05, 0) is 0 Å². The molecule has 3 heterocycles. The van der Waals surface area contributed by atoms with Crippen molar-refractivity contribution in [3.8, 4) is 0 Å². The normalized spacial score (nSPS) is 40.8. The number of fused-ring (bicyclic) bond motifs is 1. The molecule has 1 fully saturated rings. The van der Waals surface area contributed by atoms with Gasteiger partial charge in [0.15, 0.2) is 6.04 Å². The lowest BCUT2D eigenvalue weighted by molar-refractivity contribution is -0.118. The number of rotatable bonds is 2. The third-order valence-corrected chi connectivity index (χ3v) is 3.29. The van der Waals surface area contributed by atoms with Crippen molar-refractivity contribution in [2.24, 2.45) is 15.1 Å². The van der Waals surface area contributed by atoms with E-state index in [-0.39, 0.29) is 5.71 Å². The molecular weight excluding hydrogens is 256 g/mol. The highest BCUT2D eigenvalue weighted by molar-refractivity contribution is 6.52. The Hall–Kier alpha value is -1.68. The molecule has 9 nitrogen and oxygen atoms in total. The van der Waals surface area contributed by atoms with E-state index in [2.05, 4.69) is 20.5 Å². The Morgan fingerprint density at radius 1 is 1.32 bits per heavy atom. The van der Waals surface area contributed by atoms with Crippen LogP contribution >= 0.6 is 0 Å². The number of aliphatic hydroxyl groups excluding tert-OH is 3. The third kappa shape index (κ3) is 1.78. The summed E-state index contributed by atoms with van der Waals surface area (Å²) in [5, 5.41) is 32.6. The smallest absolute Gasteiger partial charge is 0.277 e. The van der Waals surface area contributed by atoms with Gasteiger partial charge < -0.3 is 20.1 Å². The van der Waals surface area contributed by atoms with Gasteiger partial charge in [0.2, 0.25) is 0 Å². The van der Waals surface area contributed by atoms with E-state index in [4.69, 9.17) is 9.84 Å². The highest BCUT2D eigenvalue weighted by Gasteiger charge is 2.49. The number of ether oxygens (including phenoxy) is 1. The lowest BCUT2D eigenvalue weighted by atomic mass is 9.98. The van der Waals surface area contributed by atoms with Crippen LogP contribution in [0.3, 0.4) is 0 Å². The first-order valence-corrected chi connectivity index (χ1v) is 5.73. The maximum atomic E-state index is 11.5. The fourth-order valence-corrected chi connectivity index (χ4v) is 2.27. The highest BCUT2D eigenvalue weighted by atomic mass is 16.6. The van der Waals surface area contributed by atoms with Crippen molar-refractivity contribution in [2.75, 3.05) is 6.61 Å². The summed E-state index contributed by atoms with van der Waals surface area (Å²) in [7, 11) is 0. The van der Waals surface area contributed by atoms with Gasteiger partial charge in [-0.15, -0.1) is 0 Å². The minimum Gasteiger partial charge on any atom is -0.394 e. The van der Waals surface area contributed by atoms with E-state index in [9.17, 15) is 15.0 Å². The number of carbonyl (C=O) groups excluding carboxylic acids is 1. The zero-order valence-electron chi connectivity index (χ0n) is 9.67. The van der Waals surface area contributed by atoms with E-state index in [0.29, 0.717) is 5.71 Å². The van der Waals surface area contributed by atoms with Crippen molar-refractivity contribution < 1.29 is 24.9 Å². The molecule has 3 rings (SSSR count). The minimum atomic E-state index is -1.24. The van der Waals surface area contributed by atoms with Gasteiger partial charge in [0, 0.05) is 0 Å². The molecule has 1 unspecified atom stereocenters. The number of hydrogen-bond acceptors (Lipinski definition) is 8. The lowest BCUT2D eigenvalue weighted by Gasteiger charge is -2.16. The lowest BCUT2D eigenvalue weighted by Crippen LogP contribution is -2.44. The Labute approximate surface area is 107 Å². The second-order valence-electron chi connectivity index (χ2n) is 4.42. The number of aliphatic hydroxyl groups is 3. The van der Waals surface area contributed by atoms with Gasteiger partial charge in [-0.3, -0.25) is 10.2 Å². The molecule has 9 heteroatoms. The van der Waals surface area contributed by atoms with Crippen molar-refractivity contribution in [2.45, 2.75) is 30.5 Å². The largest absolute Gasteiger partial charge is 0.394 e. The Morgan fingerprint density at radius 3 is 2.79 bits per heavy atom. The second kappa shape index (κ2) is 4.46. The molecule has 0 aromatic carbocycles. The predicted molar refractivity (Wildman–Crippen MR) is 63.1 cm³/mol. The molecule has 0 saturated carbocycles. The molecule has 3 aliphatic heterocycles. The molecule has 0 radical (unpaired) electrons. The van der Waals surface area contributed by atoms with E-state index in [1.54, 1.807) is 0 Å². The number of carbonyl (C=O) groups is 1. The van der Waals surface area contributed by atoms with Crippen LogP contribution in [0.5, 0.6) is 0 Å². The van der Waals surface area contributed by atoms with Crippen molar-refractivity contribution in [1.82, 2.24) is 5.43 Å². The van der Waals surface area contributed by atoms with E-state index in [1.807, 2.05) is 0 Å². The third-order valence-electron chi connectivity index (χ3n) is 3.29. The van der Waals surface area contributed by atoms with Crippen LogP contribution in [-0.2, 0) is 9.53 Å². The summed E-state index contributed by atoms with van der Waals surface area (Å²) in [5.74, 6) is -0.435. The summed E-state index contributed by atoms with van der Waals surface area (Å²) in [6, 6.07) is -0.777. The van der Waals surface area contributed by atoms with Gasteiger partial charge in [0.05, 0.1) is 6.61 Å². The number of amides is 1. The topological polar surface area (TPSA) is 136 Å². The maximum Gasteiger partial charge on any atom is 0.277 e. The zero-order chi connectivity index (χ0) is 13.6. The van der Waals surface area contributed by atoms with E-state index in [0.717, 1.165) is 6.34 Å². The average Bonchev–Trinajstić information content (AvgIpc) is 2.94. The molecule has 0 spiro atoms. The molecular formula is C10H12N4O5. The van der Waals surface area contributed by atoms with Crippen molar-refractivity contribution in [3.05, 3.63) is 0 Å². The molecule has 0 aliphatic carbocycles. The highest BCUT2D eigenvalue weighted by Crippen LogP contribution is 2.25. The predicted octanol–water partition coefficient (Wildman–Crippen LogP) is -3.19. The van der Waals surface area contributed by atoms with Crippen molar-refractivity contribution in [1.29, 1.82) is 0 Å². The monoisotopic (exact) mass is 268 g/mol. The number of aliphatic imine (C=N–C) groups is 2. The summed E-state index contributed by atoms with van der Waals surface area (Å²) in [6.45, 7) is -0.425. The summed E-state index contributed by atoms with van der Waals surface area (Å²) < 4.78 is 5.35. The fourth-order valence-electron chi connectivity index (χ4n) is 2.27. The number of nitrogens with one attached hydrogen (secondary N) is 1. The molecule has 1 amide bonds. The quantitative estimate of drug-likeness (QED) is 0.416. The molecule has 0 aromatic heterocycles. The summed E-state index contributed by atoms with van der Waals surface area (Å²) in [5.41, 5.74) is 3.12. The maximum absolute atomic E-state index is 11.5. The first-order valence-electron chi connectivity index (χ1n) is 5.73. The van der Waals surface area contributed by atoms with Crippen LogP contribution < -0.4 is 5.43 Å². The molecule has 0 aromatic rings. The minimum absolute atomic E-state index is 0.243. The Balaban J connectivity index is 1.86. The van der Waals surface area contributed by atoms with Gasteiger partial charge in [0.1, 0.15) is 42.2 Å². The van der Waals surface area contributed by atoms with Crippen LogP contribution in [0.1, 0.15) is 0 Å². The summed E-state index contributed by atoms with van der Waals surface area (Å²) in [4.78, 5) is 19.0. The molecule has 3 aliphatic rings. The van der Waals surface area contributed by atoms with Crippen LogP contribution in [0, 0.1) is 0 Å². The SMILES string of the molecule is O=C1N=CN=C2C([C@@H]3O[C@@H](CO)[C@H](O)[C@H]3O)=NNC12. The molecule has 0 bridgehead atoms. The Morgan fingerprint density at radius 2 is 2.11 bits per heavy atom. The molecule has 102 valence electrons.